The van der Waals surface area contributed by atoms with E-state index in [0.29, 0.717) is 32.4 Å². The van der Waals surface area contributed by atoms with Gasteiger partial charge in [-0.15, -0.1) is 10.2 Å². The van der Waals surface area contributed by atoms with Crippen molar-refractivity contribution < 1.29 is 14.4 Å². The molecular formula is C25H31N5O3. The van der Waals surface area contributed by atoms with Crippen LogP contribution >= 0.6 is 0 Å². The normalized spacial score (nSPS) is 24.7. The number of pyridine rings is 1. The van der Waals surface area contributed by atoms with Crippen LogP contribution in [0.1, 0.15) is 57.7 Å². The van der Waals surface area contributed by atoms with E-state index in [9.17, 15) is 14.4 Å². The first kappa shape index (κ1) is 21.8. The summed E-state index contributed by atoms with van der Waals surface area (Å²) in [6.45, 7) is 5.24. The van der Waals surface area contributed by atoms with E-state index in [0.717, 1.165) is 24.3 Å². The Balaban J connectivity index is 1.31. The predicted octanol–water partition coefficient (Wildman–Crippen LogP) is 2.80. The lowest BCUT2D eigenvalue weighted by atomic mass is 9.85. The van der Waals surface area contributed by atoms with Crippen LogP contribution in [0.5, 0.6) is 0 Å². The summed E-state index contributed by atoms with van der Waals surface area (Å²) in [7, 11) is 0. The van der Waals surface area contributed by atoms with Gasteiger partial charge in [0, 0.05) is 25.2 Å². The second kappa shape index (κ2) is 8.72. The Labute approximate surface area is 193 Å². The standard InChI is InChI=1S/C25H31N5O3/c1-16(2)15-20(30-23(31)18-7-3-4-8-19(18)24(30)32)25(33)28-13-10-17(11-14-28)22-27-26-21-9-5-6-12-29(21)22/h3-6,9,12,16-20H,7-8,10-11,13-15H2,1-2H3/t18-,19-,20-/m1/s1. The summed E-state index contributed by atoms with van der Waals surface area (Å²) in [5.74, 6) is 0.295. The summed E-state index contributed by atoms with van der Waals surface area (Å²) in [4.78, 5) is 43.2. The molecule has 33 heavy (non-hydrogen) atoms. The number of rotatable bonds is 5. The van der Waals surface area contributed by atoms with Gasteiger partial charge in [-0.05, 0) is 50.2 Å². The summed E-state index contributed by atoms with van der Waals surface area (Å²) in [5.41, 5.74) is 0.824. The molecule has 5 rings (SSSR count). The SMILES string of the molecule is CC(C)C[C@H](C(=O)N1CCC(c2nnc3ccccn23)CC1)N1C(=O)[C@@H]2CC=CC[C@H]2C1=O. The predicted molar refractivity (Wildman–Crippen MR) is 122 cm³/mol. The maximum Gasteiger partial charge on any atom is 0.245 e. The van der Waals surface area contributed by atoms with Crippen molar-refractivity contribution in [3.05, 3.63) is 42.4 Å². The van der Waals surface area contributed by atoms with Crippen molar-refractivity contribution >= 4 is 23.4 Å². The lowest BCUT2D eigenvalue weighted by Gasteiger charge is -2.36. The zero-order chi connectivity index (χ0) is 23.1. The monoisotopic (exact) mass is 449 g/mol. The average molecular weight is 450 g/mol. The van der Waals surface area contributed by atoms with Crippen molar-refractivity contribution in [1.82, 2.24) is 24.4 Å². The number of imide groups is 1. The van der Waals surface area contributed by atoms with Crippen LogP contribution in [0.25, 0.3) is 5.65 Å². The Kier molecular flexibility index (Phi) is 5.76. The number of allylic oxidation sites excluding steroid dienone is 2. The van der Waals surface area contributed by atoms with Crippen molar-refractivity contribution in [3.63, 3.8) is 0 Å². The number of amides is 3. The number of hydrogen-bond acceptors (Lipinski definition) is 5. The Hall–Kier alpha value is -3.03. The van der Waals surface area contributed by atoms with Crippen molar-refractivity contribution in [2.24, 2.45) is 17.8 Å². The maximum atomic E-state index is 13.7. The number of likely N-dealkylation sites (tertiary alicyclic amines) is 2. The minimum Gasteiger partial charge on any atom is -0.341 e. The molecular weight excluding hydrogens is 418 g/mol. The van der Waals surface area contributed by atoms with Gasteiger partial charge in [0.2, 0.25) is 17.7 Å². The molecule has 2 saturated heterocycles. The fraction of sp³-hybridized carbons (Fsp3) is 0.560. The van der Waals surface area contributed by atoms with Crippen LogP contribution in [-0.2, 0) is 14.4 Å². The molecule has 2 fully saturated rings. The van der Waals surface area contributed by atoms with Crippen molar-refractivity contribution in [1.29, 1.82) is 0 Å². The number of hydrogen-bond donors (Lipinski definition) is 0. The zero-order valence-corrected chi connectivity index (χ0v) is 19.3. The molecule has 3 atom stereocenters. The number of aromatic nitrogens is 3. The summed E-state index contributed by atoms with van der Waals surface area (Å²) in [5, 5.41) is 8.65. The van der Waals surface area contributed by atoms with Gasteiger partial charge in [0.1, 0.15) is 11.9 Å². The summed E-state index contributed by atoms with van der Waals surface area (Å²) in [6, 6.07) is 5.13. The molecule has 0 spiro atoms. The molecule has 8 nitrogen and oxygen atoms in total. The third kappa shape index (κ3) is 3.85. The highest BCUT2D eigenvalue weighted by Crippen LogP contribution is 2.38. The van der Waals surface area contributed by atoms with E-state index >= 15 is 0 Å². The molecule has 4 heterocycles. The van der Waals surface area contributed by atoms with Crippen molar-refractivity contribution in [2.45, 2.75) is 57.9 Å². The van der Waals surface area contributed by atoms with Crippen molar-refractivity contribution in [2.75, 3.05) is 13.1 Å². The van der Waals surface area contributed by atoms with Crippen LogP contribution in [0.2, 0.25) is 0 Å². The van der Waals surface area contributed by atoms with Crippen LogP contribution in [-0.4, -0.2) is 61.3 Å². The molecule has 8 heteroatoms. The number of piperidine rings is 1. The Bertz CT molecular complexity index is 1070. The van der Waals surface area contributed by atoms with E-state index < -0.39 is 6.04 Å². The maximum absolute atomic E-state index is 13.7. The van der Waals surface area contributed by atoms with E-state index in [1.807, 2.05) is 59.7 Å². The minimum absolute atomic E-state index is 0.0958. The topological polar surface area (TPSA) is 87.9 Å². The Morgan fingerprint density at radius 3 is 2.33 bits per heavy atom. The highest BCUT2D eigenvalue weighted by Gasteiger charge is 2.51. The van der Waals surface area contributed by atoms with Gasteiger partial charge in [0.25, 0.3) is 0 Å². The molecule has 0 aromatic carbocycles. The molecule has 0 saturated carbocycles. The number of carbonyl (C=O) groups excluding carboxylic acids is 3. The molecule has 1 aliphatic carbocycles. The summed E-state index contributed by atoms with van der Waals surface area (Å²) < 4.78 is 2.01. The van der Waals surface area contributed by atoms with Gasteiger partial charge in [-0.25, -0.2) is 0 Å². The molecule has 2 aliphatic heterocycles. The lowest BCUT2D eigenvalue weighted by molar-refractivity contribution is -0.152. The highest BCUT2D eigenvalue weighted by atomic mass is 16.2. The van der Waals surface area contributed by atoms with Gasteiger partial charge in [0.05, 0.1) is 11.8 Å². The van der Waals surface area contributed by atoms with Gasteiger partial charge < -0.3 is 4.90 Å². The van der Waals surface area contributed by atoms with Crippen LogP contribution in [0.15, 0.2) is 36.5 Å². The number of carbonyl (C=O) groups is 3. The second-order valence-electron chi connectivity index (χ2n) is 9.93. The van der Waals surface area contributed by atoms with Gasteiger partial charge in [0.15, 0.2) is 5.65 Å². The van der Waals surface area contributed by atoms with Crippen LogP contribution in [0, 0.1) is 17.8 Å². The number of nitrogens with zero attached hydrogens (tertiary/aromatic N) is 5. The first-order valence-corrected chi connectivity index (χ1v) is 12.1. The first-order valence-electron chi connectivity index (χ1n) is 12.1. The van der Waals surface area contributed by atoms with Gasteiger partial charge in [-0.2, -0.15) is 0 Å². The fourth-order valence-corrected chi connectivity index (χ4v) is 5.60. The molecule has 2 aromatic rings. The van der Waals surface area contributed by atoms with E-state index in [1.165, 1.54) is 4.90 Å². The van der Waals surface area contributed by atoms with E-state index in [4.69, 9.17) is 0 Å². The quantitative estimate of drug-likeness (QED) is 0.517. The molecule has 0 N–H and O–H groups in total. The average Bonchev–Trinajstić information content (AvgIpc) is 3.37. The number of fused-ring (bicyclic) bond motifs is 2. The fourth-order valence-electron chi connectivity index (χ4n) is 5.60. The molecule has 0 unspecified atom stereocenters. The Morgan fingerprint density at radius 1 is 1.03 bits per heavy atom. The molecule has 3 aliphatic rings. The highest BCUT2D eigenvalue weighted by molar-refractivity contribution is 6.08. The smallest absolute Gasteiger partial charge is 0.245 e. The zero-order valence-electron chi connectivity index (χ0n) is 19.3. The molecule has 0 radical (unpaired) electrons. The van der Waals surface area contributed by atoms with E-state index in [1.54, 1.807) is 0 Å². The van der Waals surface area contributed by atoms with E-state index in [-0.39, 0.29) is 41.4 Å². The van der Waals surface area contributed by atoms with E-state index in [2.05, 4.69) is 10.2 Å². The Morgan fingerprint density at radius 2 is 1.70 bits per heavy atom. The lowest BCUT2D eigenvalue weighted by Crippen LogP contribution is -2.53. The van der Waals surface area contributed by atoms with Gasteiger partial charge in [-0.1, -0.05) is 32.1 Å². The molecule has 3 amide bonds. The van der Waals surface area contributed by atoms with Crippen LogP contribution in [0.4, 0.5) is 0 Å². The first-order chi connectivity index (χ1) is 16.0. The van der Waals surface area contributed by atoms with Crippen LogP contribution in [0.3, 0.4) is 0 Å². The van der Waals surface area contributed by atoms with Gasteiger partial charge >= 0.3 is 0 Å². The third-order valence-electron chi connectivity index (χ3n) is 7.34. The van der Waals surface area contributed by atoms with Gasteiger partial charge in [-0.3, -0.25) is 23.7 Å². The summed E-state index contributed by atoms with van der Waals surface area (Å²) in [6.07, 6.45) is 9.18. The van der Waals surface area contributed by atoms with Crippen molar-refractivity contribution in [3.8, 4) is 0 Å². The largest absolute Gasteiger partial charge is 0.341 e. The third-order valence-corrected chi connectivity index (χ3v) is 7.34. The minimum atomic E-state index is -0.707. The summed E-state index contributed by atoms with van der Waals surface area (Å²) >= 11 is 0. The van der Waals surface area contributed by atoms with Crippen LogP contribution < -0.4 is 0 Å². The second-order valence-corrected chi connectivity index (χ2v) is 9.93. The molecule has 2 aromatic heterocycles. The molecule has 0 bridgehead atoms. The molecule has 174 valence electrons.